The topological polar surface area (TPSA) is 48.1 Å². The molecule has 96 valence electrons. The third-order valence-electron chi connectivity index (χ3n) is 2.13. The van der Waals surface area contributed by atoms with Crippen LogP contribution in [-0.2, 0) is 0 Å². The first kappa shape index (κ1) is 13.8. The zero-order valence-electron chi connectivity index (χ0n) is 9.50. The second-order valence-electron chi connectivity index (χ2n) is 3.75. The highest BCUT2D eigenvalue weighted by molar-refractivity contribution is 5.27. The van der Waals surface area contributed by atoms with Gasteiger partial charge in [0, 0.05) is 24.2 Å². The Morgan fingerprint density at radius 3 is 2.76 bits per heavy atom. The Labute approximate surface area is 97.8 Å². The molecule has 0 aromatic carbocycles. The molecule has 3 nitrogen and oxygen atoms in total. The first-order valence-electron chi connectivity index (χ1n) is 5.30. The van der Waals surface area contributed by atoms with E-state index in [1.807, 2.05) is 0 Å². The van der Waals surface area contributed by atoms with E-state index in [1.165, 1.54) is 6.20 Å². The minimum atomic E-state index is -4.14. The van der Waals surface area contributed by atoms with Gasteiger partial charge in [-0.1, -0.05) is 6.07 Å². The molecule has 0 unspecified atom stereocenters. The predicted molar refractivity (Wildman–Crippen MR) is 57.6 cm³/mol. The van der Waals surface area contributed by atoms with Crippen molar-refractivity contribution in [3.8, 4) is 5.88 Å². The van der Waals surface area contributed by atoms with Gasteiger partial charge in [0.05, 0.1) is 6.61 Å². The van der Waals surface area contributed by atoms with Gasteiger partial charge in [-0.25, -0.2) is 4.98 Å². The van der Waals surface area contributed by atoms with Crippen molar-refractivity contribution in [2.24, 2.45) is 5.73 Å². The standard InChI is InChI=1S/C11H15F3N2O/c1-8(15)9-4-2-6-16-10(9)17-7-3-5-11(12,13)14/h2,4,6,8H,3,5,7,15H2,1H3/t8-/m0/s1. The monoisotopic (exact) mass is 248 g/mol. The van der Waals surface area contributed by atoms with Gasteiger partial charge in [0.1, 0.15) is 0 Å². The highest BCUT2D eigenvalue weighted by Gasteiger charge is 2.26. The molecule has 0 saturated carbocycles. The van der Waals surface area contributed by atoms with Gasteiger partial charge in [0.15, 0.2) is 0 Å². The van der Waals surface area contributed by atoms with Crippen LogP contribution in [0.2, 0.25) is 0 Å². The quantitative estimate of drug-likeness (QED) is 0.815. The van der Waals surface area contributed by atoms with E-state index >= 15 is 0 Å². The summed E-state index contributed by atoms with van der Waals surface area (Å²) < 4.78 is 40.9. The van der Waals surface area contributed by atoms with Gasteiger partial charge in [0.2, 0.25) is 5.88 Å². The summed E-state index contributed by atoms with van der Waals surface area (Å²) in [6, 6.07) is 3.19. The molecule has 0 spiro atoms. The lowest BCUT2D eigenvalue weighted by atomic mass is 10.1. The Morgan fingerprint density at radius 1 is 1.47 bits per heavy atom. The maximum absolute atomic E-state index is 11.9. The van der Waals surface area contributed by atoms with Gasteiger partial charge in [0.25, 0.3) is 0 Å². The fourth-order valence-electron chi connectivity index (χ4n) is 1.31. The lowest BCUT2D eigenvalue weighted by Crippen LogP contribution is -2.12. The predicted octanol–water partition coefficient (Wildman–Crippen LogP) is 2.82. The van der Waals surface area contributed by atoms with Gasteiger partial charge in [-0.3, -0.25) is 0 Å². The van der Waals surface area contributed by atoms with Crippen molar-refractivity contribution >= 4 is 0 Å². The lowest BCUT2D eigenvalue weighted by Gasteiger charge is -2.12. The molecule has 0 bridgehead atoms. The molecule has 0 aliphatic heterocycles. The molecule has 1 heterocycles. The molecule has 0 aliphatic carbocycles. The summed E-state index contributed by atoms with van der Waals surface area (Å²) in [5.41, 5.74) is 6.38. The van der Waals surface area contributed by atoms with Gasteiger partial charge in [-0.15, -0.1) is 0 Å². The van der Waals surface area contributed by atoms with E-state index in [9.17, 15) is 13.2 Å². The Bertz CT molecular complexity index is 353. The molecule has 17 heavy (non-hydrogen) atoms. The Morgan fingerprint density at radius 2 is 2.18 bits per heavy atom. The number of alkyl halides is 3. The van der Waals surface area contributed by atoms with Crippen molar-refractivity contribution in [2.45, 2.75) is 32.0 Å². The van der Waals surface area contributed by atoms with E-state index in [2.05, 4.69) is 4.98 Å². The molecular weight excluding hydrogens is 233 g/mol. The fourth-order valence-corrected chi connectivity index (χ4v) is 1.31. The Kier molecular flexibility index (Phi) is 4.74. The molecule has 2 N–H and O–H groups in total. The number of hydrogen-bond acceptors (Lipinski definition) is 3. The summed E-state index contributed by atoms with van der Waals surface area (Å²) in [4.78, 5) is 3.95. The molecule has 0 saturated heterocycles. The molecule has 1 aromatic rings. The zero-order valence-corrected chi connectivity index (χ0v) is 9.50. The van der Waals surface area contributed by atoms with Gasteiger partial charge in [-0.2, -0.15) is 13.2 Å². The molecule has 0 aliphatic rings. The molecule has 1 atom stereocenters. The molecule has 0 fully saturated rings. The molecule has 1 aromatic heterocycles. The van der Waals surface area contributed by atoms with E-state index in [-0.39, 0.29) is 19.1 Å². The number of hydrogen-bond donors (Lipinski definition) is 1. The maximum atomic E-state index is 11.9. The Hall–Kier alpha value is -1.30. The van der Waals surface area contributed by atoms with E-state index in [0.717, 1.165) is 0 Å². The summed E-state index contributed by atoms with van der Waals surface area (Å²) in [5.74, 6) is 0.310. The highest BCUT2D eigenvalue weighted by atomic mass is 19.4. The Balaban J connectivity index is 2.47. The highest BCUT2D eigenvalue weighted by Crippen LogP contribution is 2.23. The van der Waals surface area contributed by atoms with Crippen LogP contribution in [0.1, 0.15) is 31.4 Å². The largest absolute Gasteiger partial charge is 0.477 e. The number of pyridine rings is 1. The molecule has 0 amide bonds. The summed E-state index contributed by atoms with van der Waals surface area (Å²) >= 11 is 0. The van der Waals surface area contributed by atoms with Crippen LogP contribution in [0.4, 0.5) is 13.2 Å². The smallest absolute Gasteiger partial charge is 0.389 e. The number of nitrogens with zero attached hydrogens (tertiary/aromatic N) is 1. The van der Waals surface area contributed by atoms with Gasteiger partial charge < -0.3 is 10.5 Å². The minimum Gasteiger partial charge on any atom is -0.477 e. The van der Waals surface area contributed by atoms with Crippen LogP contribution in [0.15, 0.2) is 18.3 Å². The molecular formula is C11H15F3N2O. The average molecular weight is 248 g/mol. The van der Waals surface area contributed by atoms with Crippen molar-refractivity contribution in [2.75, 3.05) is 6.61 Å². The van der Waals surface area contributed by atoms with Crippen LogP contribution in [0.5, 0.6) is 5.88 Å². The second-order valence-corrected chi connectivity index (χ2v) is 3.75. The van der Waals surface area contributed by atoms with Crippen molar-refractivity contribution < 1.29 is 17.9 Å². The third kappa shape index (κ3) is 5.04. The number of nitrogens with two attached hydrogens (primary N) is 1. The molecule has 6 heteroatoms. The molecule has 0 radical (unpaired) electrons. The van der Waals surface area contributed by atoms with E-state index < -0.39 is 12.6 Å². The minimum absolute atomic E-state index is 0.0176. The van der Waals surface area contributed by atoms with Crippen LogP contribution in [-0.4, -0.2) is 17.8 Å². The van der Waals surface area contributed by atoms with Gasteiger partial charge >= 0.3 is 6.18 Å². The SMILES string of the molecule is C[C@H](N)c1cccnc1OCCCC(F)(F)F. The summed E-state index contributed by atoms with van der Waals surface area (Å²) in [5, 5.41) is 0. The van der Waals surface area contributed by atoms with Gasteiger partial charge in [-0.05, 0) is 19.4 Å². The third-order valence-corrected chi connectivity index (χ3v) is 2.13. The molecule has 1 rings (SSSR count). The van der Waals surface area contributed by atoms with Crippen LogP contribution in [0, 0.1) is 0 Å². The number of rotatable bonds is 5. The fraction of sp³-hybridized carbons (Fsp3) is 0.545. The van der Waals surface area contributed by atoms with E-state index in [0.29, 0.717) is 11.4 Å². The van der Waals surface area contributed by atoms with Crippen LogP contribution < -0.4 is 10.5 Å². The van der Waals surface area contributed by atoms with E-state index in [1.54, 1.807) is 19.1 Å². The van der Waals surface area contributed by atoms with Crippen LogP contribution >= 0.6 is 0 Å². The van der Waals surface area contributed by atoms with Crippen molar-refractivity contribution in [1.29, 1.82) is 0 Å². The second kappa shape index (κ2) is 5.86. The van der Waals surface area contributed by atoms with Crippen molar-refractivity contribution in [1.82, 2.24) is 4.98 Å². The summed E-state index contributed by atoms with van der Waals surface area (Å²) in [6.07, 6.45) is -3.56. The van der Waals surface area contributed by atoms with E-state index in [4.69, 9.17) is 10.5 Å². The maximum Gasteiger partial charge on any atom is 0.389 e. The number of halogens is 3. The summed E-state index contributed by atoms with van der Waals surface area (Å²) in [6.45, 7) is 1.75. The zero-order chi connectivity index (χ0) is 12.9. The van der Waals surface area contributed by atoms with Crippen molar-refractivity contribution in [3.63, 3.8) is 0 Å². The summed E-state index contributed by atoms with van der Waals surface area (Å²) in [7, 11) is 0. The normalized spacial score (nSPS) is 13.5. The number of ether oxygens (including phenoxy) is 1. The van der Waals surface area contributed by atoms with Crippen molar-refractivity contribution in [3.05, 3.63) is 23.9 Å². The first-order chi connectivity index (χ1) is 7.90. The lowest BCUT2D eigenvalue weighted by molar-refractivity contribution is -0.136. The van der Waals surface area contributed by atoms with Crippen LogP contribution in [0.3, 0.4) is 0 Å². The first-order valence-corrected chi connectivity index (χ1v) is 5.30. The average Bonchev–Trinajstić information content (AvgIpc) is 2.23. The number of aromatic nitrogens is 1. The van der Waals surface area contributed by atoms with Crippen LogP contribution in [0.25, 0.3) is 0 Å².